The fourth-order valence-corrected chi connectivity index (χ4v) is 5.15. The van der Waals surface area contributed by atoms with Gasteiger partial charge in [0.05, 0.1) is 29.5 Å². The molecule has 0 radical (unpaired) electrons. The number of thioether (sulfide) groups is 1. The Morgan fingerprint density at radius 1 is 1.19 bits per heavy atom. The Hall–Kier alpha value is -3.24. The van der Waals surface area contributed by atoms with Crippen LogP contribution in [0.2, 0.25) is 0 Å². The number of amides is 1. The third-order valence-corrected chi connectivity index (χ3v) is 6.70. The molecule has 0 N–H and O–H groups in total. The number of likely N-dealkylation sites (tertiary alicyclic amines) is 1. The van der Waals surface area contributed by atoms with Gasteiger partial charge in [0.15, 0.2) is 0 Å². The summed E-state index contributed by atoms with van der Waals surface area (Å²) in [6, 6.07) is 9.78. The fraction of sp³-hybridized carbons (Fsp3) is 0.292. The van der Waals surface area contributed by atoms with Gasteiger partial charge in [0.25, 0.3) is 0 Å². The molecule has 4 heterocycles. The molecule has 1 amide bonds. The molecule has 0 unspecified atom stereocenters. The SMILES string of the molecule is N#Cc1c(SCC(=O)N2CCCC2)nc2c(c1-c1ccco1)CCC2=Cc1ccco1. The molecular formula is C24H21N3O3S. The van der Waals surface area contributed by atoms with Gasteiger partial charge in [-0.25, -0.2) is 4.98 Å². The van der Waals surface area contributed by atoms with Crippen molar-refractivity contribution in [2.24, 2.45) is 0 Å². The average Bonchev–Trinajstić information content (AvgIpc) is 3.59. The Labute approximate surface area is 184 Å². The molecule has 1 aliphatic heterocycles. The van der Waals surface area contributed by atoms with Crippen molar-refractivity contribution in [1.82, 2.24) is 9.88 Å². The van der Waals surface area contributed by atoms with Crippen molar-refractivity contribution in [3.05, 3.63) is 59.4 Å². The number of carbonyl (C=O) groups excluding carboxylic acids is 1. The minimum Gasteiger partial charge on any atom is -0.465 e. The van der Waals surface area contributed by atoms with Crippen LogP contribution in [0.3, 0.4) is 0 Å². The van der Waals surface area contributed by atoms with Crippen LogP contribution in [0.25, 0.3) is 23.0 Å². The lowest BCUT2D eigenvalue weighted by molar-refractivity contribution is -0.127. The minimum atomic E-state index is 0.0968. The van der Waals surface area contributed by atoms with Gasteiger partial charge < -0.3 is 13.7 Å². The molecule has 0 bridgehead atoms. The molecule has 0 aromatic carbocycles. The van der Waals surface area contributed by atoms with E-state index in [2.05, 4.69) is 6.07 Å². The van der Waals surface area contributed by atoms with Crippen molar-refractivity contribution in [2.75, 3.05) is 18.8 Å². The molecule has 7 heteroatoms. The molecule has 6 nitrogen and oxygen atoms in total. The van der Waals surface area contributed by atoms with Gasteiger partial charge >= 0.3 is 0 Å². The van der Waals surface area contributed by atoms with Gasteiger partial charge in [-0.1, -0.05) is 11.8 Å². The van der Waals surface area contributed by atoms with E-state index in [1.807, 2.05) is 35.2 Å². The summed E-state index contributed by atoms with van der Waals surface area (Å²) >= 11 is 1.34. The van der Waals surface area contributed by atoms with E-state index in [0.29, 0.717) is 16.3 Å². The molecule has 0 atom stereocenters. The van der Waals surface area contributed by atoms with Crippen LogP contribution in [0.4, 0.5) is 0 Å². The summed E-state index contributed by atoms with van der Waals surface area (Å²) in [4.78, 5) is 19.4. The Kier molecular flexibility index (Phi) is 5.39. The first-order valence-electron chi connectivity index (χ1n) is 10.4. The normalized spacial score (nSPS) is 16.6. The van der Waals surface area contributed by atoms with Crippen LogP contribution in [0.5, 0.6) is 0 Å². The lowest BCUT2D eigenvalue weighted by Crippen LogP contribution is -2.29. The van der Waals surface area contributed by atoms with Crippen molar-refractivity contribution in [1.29, 1.82) is 5.26 Å². The predicted molar refractivity (Wildman–Crippen MR) is 118 cm³/mol. The number of aromatic nitrogens is 1. The van der Waals surface area contributed by atoms with Gasteiger partial charge in [-0.2, -0.15) is 5.26 Å². The monoisotopic (exact) mass is 431 g/mol. The van der Waals surface area contributed by atoms with Gasteiger partial charge in [-0.15, -0.1) is 0 Å². The third-order valence-electron chi connectivity index (χ3n) is 5.74. The standard InChI is InChI=1S/C24H21N3O3S/c25-14-19-22(20-6-4-12-30-20)18-8-7-16(13-17-5-3-11-29-17)23(18)26-24(19)31-15-21(28)27-9-1-2-10-27/h3-6,11-13H,1-2,7-10,15H2. The molecule has 0 spiro atoms. The van der Waals surface area contributed by atoms with E-state index in [9.17, 15) is 10.1 Å². The zero-order valence-corrected chi connectivity index (χ0v) is 17.8. The number of hydrogen-bond acceptors (Lipinski definition) is 6. The van der Waals surface area contributed by atoms with Crippen LogP contribution in [0.1, 0.15) is 41.8 Å². The summed E-state index contributed by atoms with van der Waals surface area (Å²) in [5, 5.41) is 10.6. The van der Waals surface area contributed by atoms with E-state index in [4.69, 9.17) is 13.8 Å². The van der Waals surface area contributed by atoms with Gasteiger partial charge in [-0.05, 0) is 67.2 Å². The molecule has 156 valence electrons. The second kappa shape index (κ2) is 8.48. The molecule has 1 saturated heterocycles. The van der Waals surface area contributed by atoms with Crippen LogP contribution in [-0.4, -0.2) is 34.6 Å². The van der Waals surface area contributed by atoms with Crippen molar-refractivity contribution >= 4 is 29.3 Å². The molecule has 5 rings (SSSR count). The smallest absolute Gasteiger partial charge is 0.232 e. The van der Waals surface area contributed by atoms with Gasteiger partial charge in [0, 0.05) is 18.7 Å². The Morgan fingerprint density at radius 3 is 2.71 bits per heavy atom. The lowest BCUT2D eigenvalue weighted by atomic mass is 10.00. The summed E-state index contributed by atoms with van der Waals surface area (Å²) in [6.07, 6.45) is 8.96. The van der Waals surface area contributed by atoms with Gasteiger partial charge in [0.1, 0.15) is 22.6 Å². The first-order chi connectivity index (χ1) is 15.2. The predicted octanol–water partition coefficient (Wildman–Crippen LogP) is 5.01. The number of furan rings is 2. The zero-order valence-electron chi connectivity index (χ0n) is 17.0. The second-order valence-electron chi connectivity index (χ2n) is 7.64. The summed E-state index contributed by atoms with van der Waals surface area (Å²) in [6.45, 7) is 1.63. The maximum absolute atomic E-state index is 12.6. The highest BCUT2D eigenvalue weighted by Crippen LogP contribution is 2.43. The Balaban J connectivity index is 1.57. The molecule has 2 aliphatic rings. The molecule has 1 aliphatic carbocycles. The fourth-order valence-electron chi connectivity index (χ4n) is 4.26. The van der Waals surface area contributed by atoms with Gasteiger partial charge in [-0.3, -0.25) is 4.79 Å². The summed E-state index contributed by atoms with van der Waals surface area (Å²) in [5.41, 5.74) is 4.20. The molecular weight excluding hydrogens is 410 g/mol. The second-order valence-corrected chi connectivity index (χ2v) is 8.61. The number of allylic oxidation sites excluding steroid dienone is 1. The largest absolute Gasteiger partial charge is 0.465 e. The van der Waals surface area contributed by atoms with Crippen LogP contribution in [-0.2, 0) is 11.2 Å². The number of fused-ring (bicyclic) bond motifs is 1. The number of pyridine rings is 1. The van der Waals surface area contributed by atoms with Crippen molar-refractivity contribution < 1.29 is 13.6 Å². The lowest BCUT2D eigenvalue weighted by Gasteiger charge is -2.16. The zero-order chi connectivity index (χ0) is 21.2. The third kappa shape index (κ3) is 3.79. The van der Waals surface area contributed by atoms with Crippen molar-refractivity contribution in [3.63, 3.8) is 0 Å². The highest BCUT2D eigenvalue weighted by atomic mass is 32.2. The highest BCUT2D eigenvalue weighted by Gasteiger charge is 2.29. The van der Waals surface area contributed by atoms with Crippen LogP contribution in [0.15, 0.2) is 50.7 Å². The van der Waals surface area contributed by atoms with E-state index in [1.54, 1.807) is 12.5 Å². The first-order valence-corrected chi connectivity index (χ1v) is 11.4. The summed E-state index contributed by atoms with van der Waals surface area (Å²) in [5.74, 6) is 1.80. The summed E-state index contributed by atoms with van der Waals surface area (Å²) < 4.78 is 11.2. The first kappa shape index (κ1) is 19.7. The topological polar surface area (TPSA) is 83.3 Å². The quantitative estimate of drug-likeness (QED) is 0.528. The molecule has 1 fully saturated rings. The molecule has 31 heavy (non-hydrogen) atoms. The highest BCUT2D eigenvalue weighted by molar-refractivity contribution is 8.00. The average molecular weight is 432 g/mol. The Morgan fingerprint density at radius 2 is 2.00 bits per heavy atom. The van der Waals surface area contributed by atoms with E-state index in [0.717, 1.165) is 66.9 Å². The number of carbonyl (C=O) groups is 1. The van der Waals surface area contributed by atoms with E-state index >= 15 is 0 Å². The molecule has 3 aromatic heterocycles. The number of hydrogen-bond donors (Lipinski definition) is 0. The molecule has 3 aromatic rings. The Bertz CT molecular complexity index is 1170. The van der Waals surface area contributed by atoms with E-state index < -0.39 is 0 Å². The van der Waals surface area contributed by atoms with E-state index in [1.165, 1.54) is 11.8 Å². The van der Waals surface area contributed by atoms with Crippen LogP contribution in [0, 0.1) is 11.3 Å². The number of nitriles is 1. The van der Waals surface area contributed by atoms with Crippen molar-refractivity contribution in [2.45, 2.75) is 30.7 Å². The van der Waals surface area contributed by atoms with E-state index in [-0.39, 0.29) is 11.7 Å². The van der Waals surface area contributed by atoms with Crippen LogP contribution >= 0.6 is 11.8 Å². The molecule has 0 saturated carbocycles. The number of nitrogens with zero attached hydrogens (tertiary/aromatic N) is 3. The van der Waals surface area contributed by atoms with Gasteiger partial charge in [0.2, 0.25) is 5.91 Å². The van der Waals surface area contributed by atoms with Crippen molar-refractivity contribution in [3.8, 4) is 17.4 Å². The summed E-state index contributed by atoms with van der Waals surface area (Å²) in [7, 11) is 0. The van der Waals surface area contributed by atoms with Crippen LogP contribution < -0.4 is 0 Å². The minimum absolute atomic E-state index is 0.0968. The number of rotatable bonds is 5. The maximum atomic E-state index is 12.6. The maximum Gasteiger partial charge on any atom is 0.232 e.